The Hall–Kier alpha value is -1.56. The van der Waals surface area contributed by atoms with Gasteiger partial charge in [-0.3, -0.25) is 4.79 Å². The summed E-state index contributed by atoms with van der Waals surface area (Å²) in [5.74, 6) is -1.08. The Balaban J connectivity index is 2.80. The van der Waals surface area contributed by atoms with E-state index in [0.29, 0.717) is 5.69 Å². The number of urea groups is 1. The number of hydrogen-bond acceptors (Lipinski definition) is 2. The molecule has 0 aromatic heterocycles. The summed E-state index contributed by atoms with van der Waals surface area (Å²) in [6.45, 7) is 5.22. The van der Waals surface area contributed by atoms with Gasteiger partial charge in [0.15, 0.2) is 0 Å². The van der Waals surface area contributed by atoms with E-state index in [1.54, 1.807) is 0 Å². The van der Waals surface area contributed by atoms with Crippen molar-refractivity contribution >= 4 is 33.6 Å². The van der Waals surface area contributed by atoms with Crippen molar-refractivity contribution in [2.75, 3.05) is 5.32 Å². The fourth-order valence-corrected chi connectivity index (χ4v) is 2.25. The number of nitrogens with one attached hydrogen (secondary N) is 2. The van der Waals surface area contributed by atoms with Gasteiger partial charge in [0.05, 0.1) is 5.69 Å². The highest BCUT2D eigenvalue weighted by Crippen LogP contribution is 2.27. The summed E-state index contributed by atoms with van der Waals surface area (Å²) < 4.78 is 0.762. The molecule has 3 N–H and O–H groups in total. The van der Waals surface area contributed by atoms with Gasteiger partial charge < -0.3 is 15.7 Å². The maximum absolute atomic E-state index is 11.6. The first kappa shape index (κ1) is 14.5. The van der Waals surface area contributed by atoms with Gasteiger partial charge in [0.2, 0.25) is 0 Å². The number of benzene rings is 1. The highest BCUT2D eigenvalue weighted by molar-refractivity contribution is 9.10. The lowest BCUT2D eigenvalue weighted by atomic mass is 10.1. The van der Waals surface area contributed by atoms with E-state index in [9.17, 15) is 9.59 Å². The van der Waals surface area contributed by atoms with Gasteiger partial charge in [-0.2, -0.15) is 0 Å². The van der Waals surface area contributed by atoms with Crippen molar-refractivity contribution in [1.82, 2.24) is 5.32 Å². The molecule has 0 saturated carbocycles. The third kappa shape index (κ3) is 3.73. The van der Waals surface area contributed by atoms with Crippen LogP contribution in [0.4, 0.5) is 10.5 Å². The maximum atomic E-state index is 11.6. The summed E-state index contributed by atoms with van der Waals surface area (Å²) in [5, 5.41) is 13.6. The van der Waals surface area contributed by atoms with Crippen LogP contribution in [0.2, 0.25) is 0 Å². The molecular formula is C12H15BrN2O3. The number of carbonyl (C=O) groups is 2. The fourth-order valence-electron chi connectivity index (χ4n) is 1.48. The van der Waals surface area contributed by atoms with Gasteiger partial charge >= 0.3 is 12.0 Å². The highest BCUT2D eigenvalue weighted by atomic mass is 79.9. The van der Waals surface area contributed by atoms with E-state index in [2.05, 4.69) is 26.6 Å². The smallest absolute Gasteiger partial charge is 0.325 e. The van der Waals surface area contributed by atoms with Crippen LogP contribution in [0.25, 0.3) is 0 Å². The molecule has 2 amide bonds. The van der Waals surface area contributed by atoms with Crippen LogP contribution >= 0.6 is 15.9 Å². The van der Waals surface area contributed by atoms with E-state index >= 15 is 0 Å². The lowest BCUT2D eigenvalue weighted by Gasteiger charge is -2.14. The Bertz CT molecular complexity index is 465. The highest BCUT2D eigenvalue weighted by Gasteiger charge is 2.15. The number of rotatable bonds is 3. The first-order chi connectivity index (χ1) is 8.31. The number of carboxylic acid groups (broad SMARTS) is 1. The van der Waals surface area contributed by atoms with Crippen LogP contribution in [0.3, 0.4) is 0 Å². The second-order valence-corrected chi connectivity index (χ2v) is 4.95. The van der Waals surface area contributed by atoms with Crippen LogP contribution in [0.5, 0.6) is 0 Å². The van der Waals surface area contributed by atoms with Crippen molar-refractivity contribution in [3.05, 3.63) is 27.7 Å². The van der Waals surface area contributed by atoms with E-state index in [1.807, 2.05) is 26.0 Å². The molecule has 5 nitrogen and oxygen atoms in total. The molecule has 0 aliphatic heterocycles. The van der Waals surface area contributed by atoms with Gasteiger partial charge in [-0.05, 0) is 53.9 Å². The maximum Gasteiger partial charge on any atom is 0.325 e. The lowest BCUT2D eigenvalue weighted by Crippen LogP contribution is -2.41. The molecule has 0 radical (unpaired) electrons. The monoisotopic (exact) mass is 314 g/mol. The van der Waals surface area contributed by atoms with Gasteiger partial charge in [-0.15, -0.1) is 0 Å². The summed E-state index contributed by atoms with van der Waals surface area (Å²) in [5.41, 5.74) is 2.61. The summed E-state index contributed by atoms with van der Waals surface area (Å²) in [6, 6.07) is 2.33. The molecule has 0 fully saturated rings. The number of aliphatic carboxylic acids is 1. The quantitative estimate of drug-likeness (QED) is 0.802. The molecule has 0 aliphatic rings. The molecule has 0 aliphatic carbocycles. The molecule has 98 valence electrons. The van der Waals surface area contributed by atoms with E-state index < -0.39 is 18.0 Å². The first-order valence-electron chi connectivity index (χ1n) is 5.38. The summed E-state index contributed by atoms with van der Waals surface area (Å²) >= 11 is 3.36. The number of anilines is 1. The predicted octanol–water partition coefficient (Wildman–Crippen LogP) is 2.66. The summed E-state index contributed by atoms with van der Waals surface area (Å²) in [6.07, 6.45) is 0. The number of carbonyl (C=O) groups excluding carboxylic acids is 1. The van der Waals surface area contributed by atoms with Gasteiger partial charge in [0.1, 0.15) is 6.04 Å². The zero-order valence-electron chi connectivity index (χ0n) is 10.4. The summed E-state index contributed by atoms with van der Waals surface area (Å²) in [4.78, 5) is 22.2. The van der Waals surface area contributed by atoms with E-state index in [-0.39, 0.29) is 0 Å². The second-order valence-electron chi connectivity index (χ2n) is 4.10. The van der Waals surface area contributed by atoms with E-state index in [0.717, 1.165) is 15.6 Å². The zero-order chi connectivity index (χ0) is 13.9. The predicted molar refractivity (Wildman–Crippen MR) is 72.9 cm³/mol. The molecule has 0 spiro atoms. The van der Waals surface area contributed by atoms with Crippen LogP contribution < -0.4 is 10.6 Å². The van der Waals surface area contributed by atoms with Crippen LogP contribution in [-0.2, 0) is 4.79 Å². The molecule has 1 rings (SSSR count). The normalized spacial score (nSPS) is 11.8. The number of aryl methyl sites for hydroxylation is 2. The van der Waals surface area contributed by atoms with Gasteiger partial charge in [-0.25, -0.2) is 4.79 Å². The second kappa shape index (κ2) is 5.86. The Kier molecular flexibility index (Phi) is 4.72. The molecule has 0 bridgehead atoms. The lowest BCUT2D eigenvalue weighted by molar-refractivity contribution is -0.138. The van der Waals surface area contributed by atoms with Crippen LogP contribution in [0, 0.1) is 13.8 Å². The van der Waals surface area contributed by atoms with E-state index in [4.69, 9.17) is 5.11 Å². The van der Waals surface area contributed by atoms with Crippen molar-refractivity contribution in [3.63, 3.8) is 0 Å². The Labute approximate surface area is 114 Å². The molecule has 1 aromatic carbocycles. The molecule has 18 heavy (non-hydrogen) atoms. The van der Waals surface area contributed by atoms with Gasteiger partial charge in [0.25, 0.3) is 0 Å². The fraction of sp³-hybridized carbons (Fsp3) is 0.333. The number of amides is 2. The van der Waals surface area contributed by atoms with Crippen LogP contribution in [0.1, 0.15) is 18.1 Å². The van der Waals surface area contributed by atoms with E-state index in [1.165, 1.54) is 6.92 Å². The average Bonchev–Trinajstić information content (AvgIpc) is 2.23. The Morgan fingerprint density at radius 2 is 1.94 bits per heavy atom. The molecule has 0 saturated heterocycles. The number of halogens is 1. The SMILES string of the molecule is Cc1cc(C)c(NC(=O)NC(C)C(=O)O)c(Br)c1. The topological polar surface area (TPSA) is 78.4 Å². The number of hydrogen-bond donors (Lipinski definition) is 3. The minimum atomic E-state index is -1.08. The minimum Gasteiger partial charge on any atom is -0.480 e. The molecular weight excluding hydrogens is 300 g/mol. The standard InChI is InChI=1S/C12H15BrN2O3/c1-6-4-7(2)10(9(13)5-6)15-12(18)14-8(3)11(16)17/h4-5,8H,1-3H3,(H,16,17)(H2,14,15,18). The molecule has 0 heterocycles. The van der Waals surface area contributed by atoms with Crippen LogP contribution in [0.15, 0.2) is 16.6 Å². The van der Waals surface area contributed by atoms with Crippen LogP contribution in [-0.4, -0.2) is 23.1 Å². The zero-order valence-corrected chi connectivity index (χ0v) is 12.0. The third-order valence-electron chi connectivity index (χ3n) is 2.39. The van der Waals surface area contributed by atoms with Crippen molar-refractivity contribution in [1.29, 1.82) is 0 Å². The average molecular weight is 315 g/mol. The molecule has 1 aromatic rings. The third-order valence-corrected chi connectivity index (χ3v) is 3.01. The Morgan fingerprint density at radius 3 is 2.44 bits per heavy atom. The molecule has 1 unspecified atom stereocenters. The molecule has 6 heteroatoms. The number of carboxylic acids is 1. The van der Waals surface area contributed by atoms with Crippen molar-refractivity contribution < 1.29 is 14.7 Å². The Morgan fingerprint density at radius 1 is 1.33 bits per heavy atom. The van der Waals surface area contributed by atoms with Gasteiger partial charge in [-0.1, -0.05) is 6.07 Å². The largest absolute Gasteiger partial charge is 0.480 e. The van der Waals surface area contributed by atoms with Crippen molar-refractivity contribution in [2.45, 2.75) is 26.8 Å². The van der Waals surface area contributed by atoms with Crippen molar-refractivity contribution in [2.24, 2.45) is 0 Å². The molecule has 1 atom stereocenters. The summed E-state index contributed by atoms with van der Waals surface area (Å²) in [7, 11) is 0. The first-order valence-corrected chi connectivity index (χ1v) is 6.17. The van der Waals surface area contributed by atoms with Gasteiger partial charge in [0, 0.05) is 4.47 Å². The van der Waals surface area contributed by atoms with Crippen molar-refractivity contribution in [3.8, 4) is 0 Å². The minimum absolute atomic E-state index is 0.544.